The lowest BCUT2D eigenvalue weighted by atomic mass is 10.1. The topological polar surface area (TPSA) is 26.3 Å². The van der Waals surface area contributed by atoms with Crippen molar-refractivity contribution in [1.82, 2.24) is 0 Å². The van der Waals surface area contributed by atoms with Crippen LogP contribution in [0.2, 0.25) is 0 Å². The molecule has 0 bridgehead atoms. The summed E-state index contributed by atoms with van der Waals surface area (Å²) in [5, 5.41) is 0. The van der Waals surface area contributed by atoms with E-state index in [0.29, 0.717) is 11.5 Å². The summed E-state index contributed by atoms with van der Waals surface area (Å²) < 4.78 is 5.35. The Morgan fingerprint density at radius 3 is 2.31 bits per heavy atom. The first kappa shape index (κ1) is 12.8. The van der Waals surface area contributed by atoms with Crippen LogP contribution in [0, 0.1) is 5.92 Å². The fraction of sp³-hybridized carbons (Fsp3) is 0.500. The van der Waals surface area contributed by atoms with Crippen LogP contribution in [0.1, 0.15) is 44.0 Å². The van der Waals surface area contributed by atoms with Crippen molar-refractivity contribution >= 4 is 5.97 Å². The van der Waals surface area contributed by atoms with Crippen LogP contribution in [0.15, 0.2) is 30.3 Å². The highest BCUT2D eigenvalue weighted by Gasteiger charge is 2.11. The molecule has 2 nitrogen and oxygen atoms in total. The predicted molar refractivity (Wildman–Crippen MR) is 65.4 cm³/mol. The van der Waals surface area contributed by atoms with E-state index in [9.17, 15) is 4.79 Å². The fourth-order valence-corrected chi connectivity index (χ4v) is 1.45. The zero-order valence-corrected chi connectivity index (χ0v) is 10.3. The van der Waals surface area contributed by atoms with E-state index in [1.54, 1.807) is 12.1 Å². The van der Waals surface area contributed by atoms with E-state index >= 15 is 0 Å². The molecule has 0 amide bonds. The van der Waals surface area contributed by atoms with Gasteiger partial charge in [-0.25, -0.2) is 4.79 Å². The highest BCUT2D eigenvalue weighted by Crippen LogP contribution is 2.11. The van der Waals surface area contributed by atoms with Crippen molar-refractivity contribution in [3.8, 4) is 0 Å². The van der Waals surface area contributed by atoms with Gasteiger partial charge in [0, 0.05) is 0 Å². The Bertz CT molecular complexity index is 317. The molecule has 0 heterocycles. The van der Waals surface area contributed by atoms with Gasteiger partial charge >= 0.3 is 5.97 Å². The largest absolute Gasteiger partial charge is 0.459 e. The lowest BCUT2D eigenvalue weighted by Gasteiger charge is -2.14. The number of hydrogen-bond acceptors (Lipinski definition) is 2. The molecular weight excluding hydrogens is 200 g/mol. The van der Waals surface area contributed by atoms with Crippen LogP contribution in [0.3, 0.4) is 0 Å². The molecule has 1 aromatic rings. The van der Waals surface area contributed by atoms with Crippen molar-refractivity contribution in [2.45, 2.75) is 39.7 Å². The standard InChI is InChI=1S/C14H20O2/c1-11(2)9-10-12(3)16-14(15)13-7-5-4-6-8-13/h4-8,11-12H,9-10H2,1-3H3. The number of ether oxygens (including phenoxy) is 1. The predicted octanol–water partition coefficient (Wildman–Crippen LogP) is 3.67. The molecule has 0 fully saturated rings. The molecule has 88 valence electrons. The first-order valence-corrected chi connectivity index (χ1v) is 5.85. The molecule has 0 aliphatic heterocycles. The monoisotopic (exact) mass is 220 g/mol. The highest BCUT2D eigenvalue weighted by molar-refractivity contribution is 5.89. The summed E-state index contributed by atoms with van der Waals surface area (Å²) in [5.74, 6) is 0.426. The van der Waals surface area contributed by atoms with Crippen LogP contribution in [0.4, 0.5) is 0 Å². The SMILES string of the molecule is CC(C)CCC(C)OC(=O)c1ccccc1. The van der Waals surface area contributed by atoms with Gasteiger partial charge in [0.05, 0.1) is 11.7 Å². The van der Waals surface area contributed by atoms with E-state index < -0.39 is 0 Å². The van der Waals surface area contributed by atoms with E-state index in [0.717, 1.165) is 12.8 Å². The summed E-state index contributed by atoms with van der Waals surface area (Å²) in [6, 6.07) is 9.12. The Kier molecular flexibility index (Phi) is 5.03. The normalized spacial score (nSPS) is 12.5. The molecule has 1 unspecified atom stereocenters. The molecule has 1 atom stereocenters. The number of rotatable bonds is 5. The molecule has 0 aliphatic rings. The van der Waals surface area contributed by atoms with Crippen LogP contribution in [-0.4, -0.2) is 12.1 Å². The Hall–Kier alpha value is -1.31. The average Bonchev–Trinajstić information content (AvgIpc) is 2.27. The lowest BCUT2D eigenvalue weighted by molar-refractivity contribution is 0.0314. The molecule has 0 radical (unpaired) electrons. The Labute approximate surface area is 97.6 Å². The van der Waals surface area contributed by atoms with Gasteiger partial charge in [-0.2, -0.15) is 0 Å². The fourth-order valence-electron chi connectivity index (χ4n) is 1.45. The summed E-state index contributed by atoms with van der Waals surface area (Å²) >= 11 is 0. The summed E-state index contributed by atoms with van der Waals surface area (Å²) in [7, 11) is 0. The average molecular weight is 220 g/mol. The molecule has 0 N–H and O–H groups in total. The second-order valence-electron chi connectivity index (χ2n) is 4.55. The molecule has 1 rings (SSSR count). The first-order valence-electron chi connectivity index (χ1n) is 5.85. The molecule has 16 heavy (non-hydrogen) atoms. The van der Waals surface area contributed by atoms with E-state index in [1.807, 2.05) is 25.1 Å². The molecule has 0 aromatic heterocycles. The molecule has 2 heteroatoms. The van der Waals surface area contributed by atoms with Gasteiger partial charge < -0.3 is 4.74 Å². The molecule has 0 saturated carbocycles. The molecule has 1 aromatic carbocycles. The van der Waals surface area contributed by atoms with Crippen LogP contribution in [-0.2, 0) is 4.74 Å². The molecular formula is C14H20O2. The molecule has 0 spiro atoms. The zero-order chi connectivity index (χ0) is 12.0. The zero-order valence-electron chi connectivity index (χ0n) is 10.3. The number of esters is 1. The molecule has 0 saturated heterocycles. The van der Waals surface area contributed by atoms with Crippen LogP contribution < -0.4 is 0 Å². The Morgan fingerprint density at radius 2 is 1.75 bits per heavy atom. The lowest BCUT2D eigenvalue weighted by Crippen LogP contribution is -2.15. The maximum Gasteiger partial charge on any atom is 0.338 e. The van der Waals surface area contributed by atoms with Gasteiger partial charge in [0.25, 0.3) is 0 Å². The van der Waals surface area contributed by atoms with E-state index in [2.05, 4.69) is 13.8 Å². The van der Waals surface area contributed by atoms with Gasteiger partial charge in [0.2, 0.25) is 0 Å². The van der Waals surface area contributed by atoms with Crippen molar-refractivity contribution in [2.75, 3.05) is 0 Å². The van der Waals surface area contributed by atoms with Gasteiger partial charge in [-0.05, 0) is 37.8 Å². The third-order valence-corrected chi connectivity index (χ3v) is 2.47. The van der Waals surface area contributed by atoms with E-state index in [4.69, 9.17) is 4.74 Å². The Morgan fingerprint density at radius 1 is 1.12 bits per heavy atom. The number of hydrogen-bond donors (Lipinski definition) is 0. The van der Waals surface area contributed by atoms with Crippen molar-refractivity contribution in [3.05, 3.63) is 35.9 Å². The van der Waals surface area contributed by atoms with Crippen LogP contribution in [0.25, 0.3) is 0 Å². The summed E-state index contributed by atoms with van der Waals surface area (Å²) in [6.45, 7) is 6.29. The minimum atomic E-state index is -0.225. The summed E-state index contributed by atoms with van der Waals surface area (Å²) in [6.07, 6.45) is 2.01. The summed E-state index contributed by atoms with van der Waals surface area (Å²) in [5.41, 5.74) is 0.624. The maximum atomic E-state index is 11.7. The maximum absolute atomic E-state index is 11.7. The first-order chi connectivity index (χ1) is 7.59. The minimum absolute atomic E-state index is 0.00453. The van der Waals surface area contributed by atoms with Gasteiger partial charge in [-0.15, -0.1) is 0 Å². The molecule has 0 aliphatic carbocycles. The van der Waals surface area contributed by atoms with E-state index in [1.165, 1.54) is 0 Å². The smallest absolute Gasteiger partial charge is 0.338 e. The highest BCUT2D eigenvalue weighted by atomic mass is 16.5. The van der Waals surface area contributed by atoms with E-state index in [-0.39, 0.29) is 12.1 Å². The van der Waals surface area contributed by atoms with Gasteiger partial charge in [-0.1, -0.05) is 32.0 Å². The third-order valence-electron chi connectivity index (χ3n) is 2.47. The Balaban J connectivity index is 2.40. The van der Waals surface area contributed by atoms with Crippen molar-refractivity contribution in [1.29, 1.82) is 0 Å². The van der Waals surface area contributed by atoms with Gasteiger partial charge in [0.1, 0.15) is 0 Å². The number of carbonyl (C=O) groups is 1. The van der Waals surface area contributed by atoms with Crippen LogP contribution in [0.5, 0.6) is 0 Å². The third kappa shape index (κ3) is 4.47. The summed E-state index contributed by atoms with van der Waals surface area (Å²) in [4.78, 5) is 11.7. The van der Waals surface area contributed by atoms with Gasteiger partial charge in [0.15, 0.2) is 0 Å². The van der Waals surface area contributed by atoms with Crippen molar-refractivity contribution in [2.24, 2.45) is 5.92 Å². The number of carbonyl (C=O) groups excluding carboxylic acids is 1. The van der Waals surface area contributed by atoms with Crippen molar-refractivity contribution < 1.29 is 9.53 Å². The van der Waals surface area contributed by atoms with Gasteiger partial charge in [-0.3, -0.25) is 0 Å². The minimum Gasteiger partial charge on any atom is -0.459 e. The van der Waals surface area contributed by atoms with Crippen LogP contribution >= 0.6 is 0 Å². The second-order valence-corrected chi connectivity index (χ2v) is 4.55. The quantitative estimate of drug-likeness (QED) is 0.708. The van der Waals surface area contributed by atoms with Crippen molar-refractivity contribution in [3.63, 3.8) is 0 Å². The number of benzene rings is 1. The second kappa shape index (κ2) is 6.31.